The first-order chi connectivity index (χ1) is 16.8. The molecule has 2 aromatic carbocycles. The van der Waals surface area contributed by atoms with E-state index in [1.54, 1.807) is 32.2 Å². The molecule has 2 N–H and O–H groups in total. The molecule has 0 saturated carbocycles. The summed E-state index contributed by atoms with van der Waals surface area (Å²) >= 11 is 0. The Labute approximate surface area is 205 Å². The monoisotopic (exact) mass is 498 g/mol. The van der Waals surface area contributed by atoms with Crippen molar-refractivity contribution >= 4 is 41.7 Å². The number of piperazine rings is 1. The highest BCUT2D eigenvalue weighted by Gasteiger charge is 2.32. The van der Waals surface area contributed by atoms with Crippen LogP contribution < -0.4 is 20.8 Å². The molecular weight excluding hydrogens is 467 g/mol. The number of nitrogens with one attached hydrogen (secondary N) is 2. The SMILES string of the molecule is CCOP(=O)(OCC)c1ccc2c(c1)/C(=C/Nc1ccc(N3CCN(C)CC3)cc1)C(=O)NC2=O. The Hall–Kier alpha value is -2.97. The number of likely N-dealkylation sites (N-methyl/N-ethyl adjacent to an activating group) is 1. The van der Waals surface area contributed by atoms with Gasteiger partial charge in [0.1, 0.15) is 0 Å². The summed E-state index contributed by atoms with van der Waals surface area (Å²) in [6, 6.07) is 12.6. The molecule has 0 spiro atoms. The average Bonchev–Trinajstić information content (AvgIpc) is 2.85. The lowest BCUT2D eigenvalue weighted by Gasteiger charge is -2.34. The fourth-order valence-electron chi connectivity index (χ4n) is 4.14. The second-order valence-corrected chi connectivity index (χ2v) is 10.4. The van der Waals surface area contributed by atoms with Crippen molar-refractivity contribution in [3.8, 4) is 0 Å². The molecule has 186 valence electrons. The smallest absolute Gasteiger partial charge is 0.361 e. The second-order valence-electron chi connectivity index (χ2n) is 8.39. The van der Waals surface area contributed by atoms with E-state index in [2.05, 4.69) is 27.5 Å². The van der Waals surface area contributed by atoms with E-state index in [1.165, 1.54) is 6.07 Å². The largest absolute Gasteiger partial charge is 0.369 e. The molecule has 1 fully saturated rings. The van der Waals surface area contributed by atoms with Crippen LogP contribution >= 0.6 is 7.60 Å². The van der Waals surface area contributed by atoms with Crippen molar-refractivity contribution in [2.45, 2.75) is 13.8 Å². The number of carbonyl (C=O) groups excluding carboxylic acids is 2. The highest BCUT2D eigenvalue weighted by atomic mass is 31.2. The first-order valence-electron chi connectivity index (χ1n) is 11.7. The van der Waals surface area contributed by atoms with Crippen molar-refractivity contribution in [1.29, 1.82) is 0 Å². The van der Waals surface area contributed by atoms with E-state index in [0.29, 0.717) is 16.4 Å². The fourth-order valence-corrected chi connectivity index (χ4v) is 5.74. The number of anilines is 2. The van der Waals surface area contributed by atoms with Crippen LogP contribution in [0.2, 0.25) is 0 Å². The highest BCUT2D eigenvalue weighted by molar-refractivity contribution is 7.62. The van der Waals surface area contributed by atoms with E-state index in [4.69, 9.17) is 9.05 Å². The Balaban J connectivity index is 1.60. The minimum Gasteiger partial charge on any atom is -0.369 e. The van der Waals surface area contributed by atoms with Crippen molar-refractivity contribution in [2.75, 3.05) is 56.7 Å². The quantitative estimate of drug-likeness (QED) is 0.326. The second kappa shape index (κ2) is 10.7. The van der Waals surface area contributed by atoms with Gasteiger partial charge in [-0.25, -0.2) is 0 Å². The van der Waals surface area contributed by atoms with E-state index >= 15 is 0 Å². The van der Waals surface area contributed by atoms with Gasteiger partial charge in [-0.3, -0.25) is 19.5 Å². The number of benzene rings is 2. The van der Waals surface area contributed by atoms with E-state index in [0.717, 1.165) is 37.6 Å². The van der Waals surface area contributed by atoms with Gasteiger partial charge in [-0.1, -0.05) is 0 Å². The molecule has 2 heterocycles. The zero-order valence-electron chi connectivity index (χ0n) is 20.2. The molecule has 35 heavy (non-hydrogen) atoms. The van der Waals surface area contributed by atoms with E-state index in [1.807, 2.05) is 24.3 Å². The molecule has 0 aliphatic carbocycles. The molecule has 0 aromatic heterocycles. The van der Waals surface area contributed by atoms with Crippen LogP contribution in [0.4, 0.5) is 11.4 Å². The maximum absolute atomic E-state index is 13.3. The fraction of sp³-hybridized carbons (Fsp3) is 0.360. The molecule has 0 radical (unpaired) electrons. The molecule has 2 aromatic rings. The lowest BCUT2D eigenvalue weighted by molar-refractivity contribution is -0.114. The average molecular weight is 499 g/mol. The van der Waals surface area contributed by atoms with Crippen molar-refractivity contribution in [1.82, 2.24) is 10.2 Å². The van der Waals surface area contributed by atoms with Crippen molar-refractivity contribution in [3.05, 3.63) is 59.8 Å². The van der Waals surface area contributed by atoms with Gasteiger partial charge in [0.05, 0.1) is 24.1 Å². The van der Waals surface area contributed by atoms with Gasteiger partial charge in [0, 0.05) is 54.9 Å². The molecule has 0 atom stereocenters. The summed E-state index contributed by atoms with van der Waals surface area (Å²) in [4.78, 5) is 29.8. The Morgan fingerprint density at radius 2 is 1.60 bits per heavy atom. The molecule has 2 amide bonds. The normalized spacial score (nSPS) is 17.9. The number of carbonyl (C=O) groups is 2. The minimum atomic E-state index is -3.58. The van der Waals surface area contributed by atoms with Crippen molar-refractivity contribution in [3.63, 3.8) is 0 Å². The zero-order valence-corrected chi connectivity index (χ0v) is 21.1. The van der Waals surface area contributed by atoms with Gasteiger partial charge in [-0.05, 0) is 63.4 Å². The van der Waals surface area contributed by atoms with Crippen LogP contribution in [0.1, 0.15) is 29.8 Å². The van der Waals surface area contributed by atoms with Crippen LogP contribution in [0, 0.1) is 0 Å². The van der Waals surface area contributed by atoms with Gasteiger partial charge in [-0.2, -0.15) is 0 Å². The Bertz CT molecular complexity index is 1160. The van der Waals surface area contributed by atoms with Gasteiger partial charge in [0.2, 0.25) is 0 Å². The minimum absolute atomic E-state index is 0.197. The van der Waals surface area contributed by atoms with Gasteiger partial charge < -0.3 is 24.2 Å². The standard InChI is InChI=1S/C25H31N4O5P/c1-4-33-35(32,34-5-2)20-10-11-21-22(16-20)23(25(31)27-24(21)30)17-26-18-6-8-19(9-7-18)29-14-12-28(3)13-15-29/h6-11,16-17,26H,4-5,12-15H2,1-3H3,(H,27,30,31)/b23-17-. The first kappa shape index (κ1) is 25.1. The summed E-state index contributed by atoms with van der Waals surface area (Å²) in [7, 11) is -1.46. The summed E-state index contributed by atoms with van der Waals surface area (Å²) in [6.45, 7) is 7.87. The van der Waals surface area contributed by atoms with Crippen LogP contribution in [0.5, 0.6) is 0 Å². The maximum Gasteiger partial charge on any atom is 0.361 e. The Kier molecular flexibility index (Phi) is 7.72. The van der Waals surface area contributed by atoms with Gasteiger partial charge in [0.15, 0.2) is 0 Å². The van der Waals surface area contributed by atoms with Crippen LogP contribution in [0.3, 0.4) is 0 Å². The van der Waals surface area contributed by atoms with E-state index in [-0.39, 0.29) is 18.8 Å². The topological polar surface area (TPSA) is 100 Å². The van der Waals surface area contributed by atoms with Crippen molar-refractivity contribution in [2.24, 2.45) is 0 Å². The molecule has 1 saturated heterocycles. The number of imide groups is 1. The lowest BCUT2D eigenvalue weighted by Crippen LogP contribution is -2.44. The summed E-state index contributed by atoms with van der Waals surface area (Å²) in [5, 5.41) is 5.81. The molecule has 2 aliphatic heterocycles. The molecule has 4 rings (SSSR count). The number of hydrogen-bond donors (Lipinski definition) is 2. The summed E-state index contributed by atoms with van der Waals surface area (Å²) in [5.41, 5.74) is 2.88. The number of amides is 2. The number of rotatable bonds is 8. The summed E-state index contributed by atoms with van der Waals surface area (Å²) in [6.07, 6.45) is 1.56. The van der Waals surface area contributed by atoms with Crippen LogP contribution in [0.25, 0.3) is 5.57 Å². The third-order valence-corrected chi connectivity index (χ3v) is 8.15. The number of fused-ring (bicyclic) bond motifs is 1. The third-order valence-electron chi connectivity index (χ3n) is 6.04. The van der Waals surface area contributed by atoms with Crippen LogP contribution in [-0.2, 0) is 18.4 Å². The molecule has 2 aliphatic rings. The zero-order chi connectivity index (χ0) is 25.0. The number of nitrogens with zero attached hydrogens (tertiary/aromatic N) is 2. The lowest BCUT2D eigenvalue weighted by atomic mass is 9.95. The highest BCUT2D eigenvalue weighted by Crippen LogP contribution is 2.47. The van der Waals surface area contributed by atoms with Crippen LogP contribution in [-0.4, -0.2) is 63.2 Å². The van der Waals surface area contributed by atoms with Crippen molar-refractivity contribution < 1.29 is 23.2 Å². The predicted octanol–water partition coefficient (Wildman–Crippen LogP) is 3.05. The van der Waals surface area contributed by atoms with Crippen LogP contribution in [0.15, 0.2) is 48.7 Å². The first-order valence-corrected chi connectivity index (χ1v) is 13.3. The molecule has 0 bridgehead atoms. The predicted molar refractivity (Wildman–Crippen MR) is 137 cm³/mol. The third kappa shape index (κ3) is 5.49. The van der Waals surface area contributed by atoms with E-state index in [9.17, 15) is 14.2 Å². The molecule has 0 unspecified atom stereocenters. The van der Waals surface area contributed by atoms with E-state index < -0.39 is 19.4 Å². The summed E-state index contributed by atoms with van der Waals surface area (Å²) in [5.74, 6) is -1.04. The molecule has 10 heteroatoms. The Morgan fingerprint density at radius 1 is 0.943 bits per heavy atom. The van der Waals surface area contributed by atoms with Gasteiger partial charge in [-0.15, -0.1) is 0 Å². The molecule has 9 nitrogen and oxygen atoms in total. The number of hydrogen-bond acceptors (Lipinski definition) is 8. The Morgan fingerprint density at radius 3 is 2.23 bits per heavy atom. The van der Waals surface area contributed by atoms with Gasteiger partial charge in [0.25, 0.3) is 11.8 Å². The summed E-state index contributed by atoms with van der Waals surface area (Å²) < 4.78 is 24.1. The molecular formula is C25H31N4O5P. The van der Waals surface area contributed by atoms with Gasteiger partial charge >= 0.3 is 7.60 Å². The maximum atomic E-state index is 13.3.